The third kappa shape index (κ3) is 5.65. The van der Waals surface area contributed by atoms with Crippen LogP contribution >= 0.6 is 11.6 Å². The van der Waals surface area contributed by atoms with Crippen molar-refractivity contribution in [3.8, 4) is 5.75 Å². The first-order valence-electron chi connectivity index (χ1n) is 11.4. The van der Waals surface area contributed by atoms with Crippen molar-refractivity contribution in [3.63, 3.8) is 0 Å². The summed E-state index contributed by atoms with van der Waals surface area (Å²) in [6.07, 6.45) is -0.359. The highest BCUT2D eigenvalue weighted by Crippen LogP contribution is 2.40. The zero-order valence-electron chi connectivity index (χ0n) is 18.4. The van der Waals surface area contributed by atoms with Crippen molar-refractivity contribution in [1.29, 1.82) is 0 Å². The molecule has 0 amide bonds. The minimum absolute atomic E-state index is 0.170. The van der Waals surface area contributed by atoms with E-state index in [4.69, 9.17) is 16.3 Å². The number of aryl methyl sites for hydroxylation is 1. The summed E-state index contributed by atoms with van der Waals surface area (Å²) in [4.78, 5) is 2.00. The molecular weight excluding hydrogens is 455 g/mol. The largest absolute Gasteiger partial charge is 0.491 e. The normalized spacial score (nSPS) is 19.7. The molecule has 1 saturated heterocycles. The molecule has 0 bridgehead atoms. The van der Waals surface area contributed by atoms with E-state index in [1.807, 2.05) is 17.0 Å². The van der Waals surface area contributed by atoms with Gasteiger partial charge in [-0.15, -0.1) is 0 Å². The predicted molar refractivity (Wildman–Crippen MR) is 121 cm³/mol. The van der Waals surface area contributed by atoms with Crippen molar-refractivity contribution >= 4 is 11.6 Å². The molecule has 1 heterocycles. The Morgan fingerprint density at radius 2 is 1.82 bits per heavy atom. The molecule has 4 rings (SSSR count). The van der Waals surface area contributed by atoms with Crippen molar-refractivity contribution in [1.82, 2.24) is 4.90 Å². The number of ether oxygens (including phenoxy) is 1. The van der Waals surface area contributed by atoms with Crippen LogP contribution in [0.5, 0.6) is 5.75 Å². The van der Waals surface area contributed by atoms with Gasteiger partial charge in [0.15, 0.2) is 0 Å². The van der Waals surface area contributed by atoms with Crippen LogP contribution in [-0.2, 0) is 24.6 Å². The molecule has 1 unspecified atom stereocenters. The van der Waals surface area contributed by atoms with Gasteiger partial charge < -0.3 is 19.8 Å². The second-order valence-electron chi connectivity index (χ2n) is 9.09. The number of β-amino-alcohol motifs (C(OH)–C–C–N with tert-alkyl or cyclic N) is 1. The molecule has 1 fully saturated rings. The van der Waals surface area contributed by atoms with Crippen LogP contribution in [0, 0.1) is 0 Å². The maximum absolute atomic E-state index is 13.2. The maximum Gasteiger partial charge on any atom is 0.417 e. The molecule has 180 valence electrons. The number of fused-ring (bicyclic) bond motifs is 1. The Labute approximate surface area is 196 Å². The van der Waals surface area contributed by atoms with Crippen molar-refractivity contribution in [2.75, 3.05) is 26.2 Å². The van der Waals surface area contributed by atoms with Gasteiger partial charge in [0.25, 0.3) is 0 Å². The number of hydrogen-bond donors (Lipinski definition) is 2. The Morgan fingerprint density at radius 1 is 1.09 bits per heavy atom. The van der Waals surface area contributed by atoms with E-state index in [1.54, 1.807) is 0 Å². The lowest BCUT2D eigenvalue weighted by molar-refractivity contribution is -0.137. The van der Waals surface area contributed by atoms with Crippen molar-refractivity contribution in [2.24, 2.45) is 0 Å². The van der Waals surface area contributed by atoms with E-state index in [1.165, 1.54) is 29.7 Å². The van der Waals surface area contributed by atoms with E-state index < -0.39 is 23.4 Å². The molecule has 1 aliphatic carbocycles. The third-order valence-corrected chi connectivity index (χ3v) is 7.08. The lowest BCUT2D eigenvalue weighted by Gasteiger charge is -2.39. The fraction of sp³-hybridized carbons (Fsp3) is 0.520. The Kier molecular flexibility index (Phi) is 7.24. The highest BCUT2D eigenvalue weighted by Gasteiger charge is 2.38. The summed E-state index contributed by atoms with van der Waals surface area (Å²) in [5.74, 6) is 0.836. The van der Waals surface area contributed by atoms with Crippen LogP contribution in [0.25, 0.3) is 0 Å². The van der Waals surface area contributed by atoms with Crippen LogP contribution < -0.4 is 4.74 Å². The van der Waals surface area contributed by atoms with E-state index in [2.05, 4.69) is 6.07 Å². The van der Waals surface area contributed by atoms with Crippen molar-refractivity contribution < 1.29 is 28.1 Å². The molecule has 2 aromatic carbocycles. The summed E-state index contributed by atoms with van der Waals surface area (Å²) in [6.45, 7) is 1.46. The summed E-state index contributed by atoms with van der Waals surface area (Å²) in [6, 6.07) is 9.65. The number of aliphatic hydroxyl groups is 2. The fourth-order valence-electron chi connectivity index (χ4n) is 4.84. The number of likely N-dealkylation sites (tertiary alicyclic amines) is 1. The highest BCUT2D eigenvalue weighted by atomic mass is 35.5. The van der Waals surface area contributed by atoms with Gasteiger partial charge in [0, 0.05) is 19.6 Å². The summed E-state index contributed by atoms with van der Waals surface area (Å²) < 4.78 is 45.5. The van der Waals surface area contributed by atoms with Gasteiger partial charge in [-0.2, -0.15) is 13.2 Å². The molecule has 4 nitrogen and oxygen atoms in total. The van der Waals surface area contributed by atoms with Gasteiger partial charge in [-0.05, 0) is 73.4 Å². The minimum atomic E-state index is -4.58. The molecule has 0 radical (unpaired) electrons. The molecular formula is C25H29ClF3NO3. The average molecular weight is 484 g/mol. The molecule has 33 heavy (non-hydrogen) atoms. The van der Waals surface area contributed by atoms with Gasteiger partial charge in [-0.3, -0.25) is 0 Å². The predicted octanol–water partition coefficient (Wildman–Crippen LogP) is 4.96. The van der Waals surface area contributed by atoms with E-state index in [0.29, 0.717) is 19.6 Å². The minimum Gasteiger partial charge on any atom is -0.491 e. The monoisotopic (exact) mass is 483 g/mol. The summed E-state index contributed by atoms with van der Waals surface area (Å²) >= 11 is 5.71. The quantitative estimate of drug-likeness (QED) is 0.609. The third-order valence-electron chi connectivity index (χ3n) is 6.75. The van der Waals surface area contributed by atoms with Crippen LogP contribution in [0.1, 0.15) is 47.9 Å². The summed E-state index contributed by atoms with van der Waals surface area (Å²) in [7, 11) is 0. The fourth-order valence-corrected chi connectivity index (χ4v) is 5.07. The average Bonchev–Trinajstić information content (AvgIpc) is 2.79. The Balaban J connectivity index is 1.31. The molecule has 2 N–H and O–H groups in total. The molecule has 1 aliphatic heterocycles. The van der Waals surface area contributed by atoms with Gasteiger partial charge in [0.05, 0.1) is 16.2 Å². The Hall–Kier alpha value is -1.80. The SMILES string of the molecule is OC(COc1cccc2c1CCCC2)CN1CCC(O)(c2ccc(Cl)c(C(F)(F)F)c2)CC1. The van der Waals surface area contributed by atoms with Gasteiger partial charge in [0.1, 0.15) is 18.5 Å². The van der Waals surface area contributed by atoms with Crippen LogP contribution in [-0.4, -0.2) is 47.5 Å². The van der Waals surface area contributed by atoms with E-state index in [-0.39, 0.29) is 30.0 Å². The van der Waals surface area contributed by atoms with E-state index >= 15 is 0 Å². The van der Waals surface area contributed by atoms with Gasteiger partial charge in [-0.25, -0.2) is 0 Å². The highest BCUT2D eigenvalue weighted by molar-refractivity contribution is 6.31. The number of rotatable bonds is 6. The number of aliphatic hydroxyl groups excluding tert-OH is 1. The van der Waals surface area contributed by atoms with Crippen LogP contribution in [0.4, 0.5) is 13.2 Å². The van der Waals surface area contributed by atoms with Crippen molar-refractivity contribution in [3.05, 3.63) is 63.7 Å². The second kappa shape index (κ2) is 9.82. The zero-order valence-corrected chi connectivity index (χ0v) is 19.1. The topological polar surface area (TPSA) is 52.9 Å². The zero-order chi connectivity index (χ0) is 23.6. The number of nitrogens with zero attached hydrogens (tertiary/aromatic N) is 1. The first kappa shape index (κ1) is 24.3. The van der Waals surface area contributed by atoms with Crippen LogP contribution in [0.2, 0.25) is 5.02 Å². The smallest absolute Gasteiger partial charge is 0.417 e. The molecule has 1 atom stereocenters. The number of hydrogen-bond acceptors (Lipinski definition) is 4. The summed E-state index contributed by atoms with van der Waals surface area (Å²) in [5, 5.41) is 21.1. The Bertz CT molecular complexity index is 974. The van der Waals surface area contributed by atoms with Crippen LogP contribution in [0.15, 0.2) is 36.4 Å². The number of alkyl halides is 3. The molecule has 0 spiro atoms. The van der Waals surface area contributed by atoms with Gasteiger partial charge >= 0.3 is 6.18 Å². The second-order valence-corrected chi connectivity index (χ2v) is 9.50. The van der Waals surface area contributed by atoms with Gasteiger partial charge in [-0.1, -0.05) is 29.8 Å². The molecule has 0 aromatic heterocycles. The lowest BCUT2D eigenvalue weighted by Crippen LogP contribution is -2.46. The molecule has 0 saturated carbocycles. The van der Waals surface area contributed by atoms with E-state index in [0.717, 1.165) is 31.1 Å². The number of benzene rings is 2. The molecule has 2 aliphatic rings. The first-order chi connectivity index (χ1) is 15.7. The lowest BCUT2D eigenvalue weighted by atomic mass is 9.83. The number of halogens is 4. The van der Waals surface area contributed by atoms with Crippen LogP contribution in [0.3, 0.4) is 0 Å². The summed E-state index contributed by atoms with van der Waals surface area (Å²) in [5.41, 5.74) is 0.482. The first-order valence-corrected chi connectivity index (χ1v) is 11.8. The molecule has 8 heteroatoms. The standard InChI is InChI=1S/C25H29ClF3NO3/c26-22-9-8-18(14-21(22)25(27,28)29)24(32)10-12-30(13-11-24)15-19(31)16-33-23-7-3-5-17-4-1-2-6-20(17)23/h3,5,7-9,14,19,31-32H,1-2,4,6,10-13,15-16H2. The van der Waals surface area contributed by atoms with Gasteiger partial charge in [0.2, 0.25) is 0 Å². The maximum atomic E-state index is 13.2. The van der Waals surface area contributed by atoms with Crippen molar-refractivity contribution in [2.45, 2.75) is 56.4 Å². The number of piperidine rings is 1. The Morgan fingerprint density at radius 3 is 2.55 bits per heavy atom. The molecule has 2 aromatic rings. The van der Waals surface area contributed by atoms with E-state index in [9.17, 15) is 23.4 Å².